The second kappa shape index (κ2) is 15.2. The average molecular weight is 607 g/mol. The Morgan fingerprint density at radius 2 is 1.71 bits per heavy atom. The molecule has 0 saturated carbocycles. The number of methoxy groups -OCH3 is 2. The molecule has 1 aromatic heterocycles. The number of thiophene rings is 1. The van der Waals surface area contributed by atoms with Crippen molar-refractivity contribution in [2.75, 3.05) is 78.2 Å². The third-order valence-electron chi connectivity index (χ3n) is 6.71. The Hall–Kier alpha value is -3.15. The molecule has 2 aliphatic rings. The van der Waals surface area contributed by atoms with E-state index in [1.54, 1.807) is 31.6 Å². The molecule has 2 aromatic rings. The van der Waals surface area contributed by atoms with Gasteiger partial charge < -0.3 is 24.0 Å². The van der Waals surface area contributed by atoms with Crippen molar-refractivity contribution in [1.82, 2.24) is 9.80 Å². The number of esters is 1. The molecule has 41 heavy (non-hydrogen) atoms. The summed E-state index contributed by atoms with van der Waals surface area (Å²) < 4.78 is 42.3. The van der Waals surface area contributed by atoms with Gasteiger partial charge in [0.1, 0.15) is 6.10 Å². The van der Waals surface area contributed by atoms with Crippen LogP contribution in [0.15, 0.2) is 30.3 Å². The van der Waals surface area contributed by atoms with E-state index >= 15 is 0 Å². The third-order valence-corrected chi connectivity index (χ3v) is 7.81. The molecule has 11 nitrogen and oxygen atoms in total. The largest absolute Gasteiger partial charge is 0.493 e. The molecule has 4 rings (SSSR count). The van der Waals surface area contributed by atoms with Gasteiger partial charge in [-0.2, -0.15) is 13.7 Å². The van der Waals surface area contributed by atoms with Crippen LogP contribution in [0, 0.1) is 11.3 Å². The maximum Gasteiger partial charge on any atom is 0.320 e. The molecular formula is C28H38N4O7S2. The lowest BCUT2D eigenvalue weighted by Crippen LogP contribution is -2.47. The summed E-state index contributed by atoms with van der Waals surface area (Å²) in [4.78, 5) is 20.2. The molecular weight excluding hydrogens is 568 g/mol. The molecule has 3 heterocycles. The summed E-state index contributed by atoms with van der Waals surface area (Å²) in [5, 5.41) is 10.9. The number of carbonyl (C=O) groups excluding carboxylic acids is 1. The lowest BCUT2D eigenvalue weighted by Gasteiger charge is -2.34. The number of ether oxygens (including phenoxy) is 3. The van der Waals surface area contributed by atoms with E-state index in [4.69, 9.17) is 18.8 Å². The zero-order chi connectivity index (χ0) is 30.0. The highest BCUT2D eigenvalue weighted by molar-refractivity contribution is 7.85. The van der Waals surface area contributed by atoms with Gasteiger partial charge >= 0.3 is 5.97 Å². The van der Waals surface area contributed by atoms with Crippen LogP contribution in [-0.2, 0) is 19.6 Å². The van der Waals surface area contributed by atoms with E-state index in [0.29, 0.717) is 29.9 Å². The Morgan fingerprint density at radius 1 is 1.07 bits per heavy atom. The summed E-state index contributed by atoms with van der Waals surface area (Å²) in [5.41, 5.74) is 1.35. The van der Waals surface area contributed by atoms with Gasteiger partial charge in [0.25, 0.3) is 10.1 Å². The maximum absolute atomic E-state index is 12.4. The fraction of sp³-hybridized carbons (Fsp3) is 0.500. The van der Waals surface area contributed by atoms with E-state index in [9.17, 15) is 18.5 Å². The van der Waals surface area contributed by atoms with Crippen molar-refractivity contribution in [3.63, 3.8) is 0 Å². The molecule has 0 atom stereocenters. The predicted molar refractivity (Wildman–Crippen MR) is 160 cm³/mol. The number of piperidine rings is 1. The SMILES string of the molecule is COc1ccc(C(C#N)=Cc2ccc(N3CCC(OC(=O)CN4CCN(C)CC4)CC3)s2)cc1OC.CS(=O)(=O)O. The summed E-state index contributed by atoms with van der Waals surface area (Å²) in [7, 11) is 1.62. The monoisotopic (exact) mass is 606 g/mol. The number of carbonyl (C=O) groups is 1. The van der Waals surface area contributed by atoms with Gasteiger partial charge in [-0.25, -0.2) is 0 Å². The fourth-order valence-electron chi connectivity index (χ4n) is 4.52. The highest BCUT2D eigenvalue weighted by Gasteiger charge is 2.25. The smallest absolute Gasteiger partial charge is 0.320 e. The normalized spacial score (nSPS) is 17.3. The first-order valence-corrected chi connectivity index (χ1v) is 15.9. The van der Waals surface area contributed by atoms with E-state index in [1.807, 2.05) is 24.3 Å². The Labute approximate surface area is 246 Å². The Bertz CT molecular complexity index is 1330. The van der Waals surface area contributed by atoms with E-state index in [2.05, 4.69) is 33.9 Å². The number of piperazine rings is 1. The molecule has 1 N–H and O–H groups in total. The molecule has 0 aliphatic carbocycles. The van der Waals surface area contributed by atoms with Crippen molar-refractivity contribution in [3.8, 4) is 17.6 Å². The van der Waals surface area contributed by atoms with Crippen LogP contribution in [0.1, 0.15) is 23.3 Å². The zero-order valence-corrected chi connectivity index (χ0v) is 25.5. The highest BCUT2D eigenvalue weighted by Crippen LogP contribution is 2.34. The van der Waals surface area contributed by atoms with Crippen molar-refractivity contribution in [3.05, 3.63) is 40.8 Å². The summed E-state index contributed by atoms with van der Waals surface area (Å²) >= 11 is 1.66. The molecule has 2 saturated heterocycles. The summed E-state index contributed by atoms with van der Waals surface area (Å²) in [5.74, 6) is 1.11. The van der Waals surface area contributed by atoms with E-state index < -0.39 is 10.1 Å². The van der Waals surface area contributed by atoms with Crippen LogP contribution >= 0.6 is 11.3 Å². The van der Waals surface area contributed by atoms with Gasteiger partial charge in [-0.15, -0.1) is 11.3 Å². The molecule has 0 amide bonds. The topological polar surface area (TPSA) is 133 Å². The van der Waals surface area contributed by atoms with E-state index in [-0.39, 0.29) is 12.1 Å². The number of benzene rings is 1. The van der Waals surface area contributed by atoms with Crippen molar-refractivity contribution >= 4 is 44.1 Å². The van der Waals surface area contributed by atoms with E-state index in [1.165, 1.54) is 0 Å². The maximum atomic E-state index is 12.4. The van der Waals surface area contributed by atoms with Crippen LogP contribution in [0.2, 0.25) is 0 Å². The highest BCUT2D eigenvalue weighted by atomic mass is 32.2. The molecule has 0 unspecified atom stereocenters. The number of nitriles is 1. The molecule has 224 valence electrons. The van der Waals surface area contributed by atoms with Gasteiger partial charge in [-0.05, 0) is 49.0 Å². The van der Waals surface area contributed by atoms with Crippen LogP contribution in [0.3, 0.4) is 0 Å². The number of rotatable bonds is 8. The van der Waals surface area contributed by atoms with Gasteiger partial charge in [0.05, 0.1) is 43.7 Å². The summed E-state index contributed by atoms with van der Waals surface area (Å²) in [6, 6.07) is 11.9. The van der Waals surface area contributed by atoms with E-state index in [0.717, 1.165) is 67.6 Å². The third kappa shape index (κ3) is 10.6. The first kappa shape index (κ1) is 32.4. The summed E-state index contributed by atoms with van der Waals surface area (Å²) in [6.07, 6.45) is 4.25. The molecule has 13 heteroatoms. The molecule has 0 spiro atoms. The summed E-state index contributed by atoms with van der Waals surface area (Å²) in [6.45, 7) is 5.89. The number of hydrogen-bond donors (Lipinski definition) is 1. The number of hydrogen-bond acceptors (Lipinski definition) is 11. The van der Waals surface area contributed by atoms with Crippen LogP contribution in [0.4, 0.5) is 5.00 Å². The number of allylic oxidation sites excluding steroid dienone is 1. The number of anilines is 1. The molecule has 2 aliphatic heterocycles. The Balaban J connectivity index is 0.000000850. The van der Waals surface area contributed by atoms with Crippen LogP contribution in [-0.4, -0.2) is 108 Å². The minimum Gasteiger partial charge on any atom is -0.493 e. The Morgan fingerprint density at radius 3 is 2.29 bits per heavy atom. The fourth-order valence-corrected chi connectivity index (χ4v) is 5.52. The minimum atomic E-state index is -3.67. The number of nitrogens with zero attached hydrogens (tertiary/aromatic N) is 4. The lowest BCUT2D eigenvalue weighted by molar-refractivity contribution is -0.151. The van der Waals surface area contributed by atoms with Gasteiger partial charge in [0.15, 0.2) is 11.5 Å². The first-order valence-electron chi connectivity index (χ1n) is 13.2. The standard InChI is InChI=1S/C27H34N4O4S.CH4O3S/c1-29-12-14-30(15-13-29)19-27(32)35-22-8-10-31(11-9-22)26-7-5-23(36-26)16-21(18-28)20-4-6-24(33-2)25(17-20)34-3;1-5(2,3)4/h4-7,16-17,22H,8-15,19H2,1-3H3;1H3,(H,2,3,4). The molecule has 1 aromatic carbocycles. The second-order valence-corrected chi connectivity index (χ2v) is 12.5. The van der Waals surface area contributed by atoms with Gasteiger partial charge in [-0.1, -0.05) is 0 Å². The van der Waals surface area contributed by atoms with Gasteiger partial charge in [0.2, 0.25) is 0 Å². The van der Waals surface area contributed by atoms with Crippen molar-refractivity contribution in [2.24, 2.45) is 0 Å². The lowest BCUT2D eigenvalue weighted by atomic mass is 10.1. The molecule has 0 radical (unpaired) electrons. The molecule has 0 bridgehead atoms. The van der Waals surface area contributed by atoms with Crippen molar-refractivity contribution < 1.29 is 32.0 Å². The van der Waals surface area contributed by atoms with Crippen LogP contribution in [0.25, 0.3) is 11.6 Å². The Kier molecular flexibility index (Phi) is 12.0. The van der Waals surface area contributed by atoms with Crippen LogP contribution < -0.4 is 14.4 Å². The number of likely N-dealkylation sites (N-methyl/N-ethyl adjacent to an activating group) is 1. The van der Waals surface area contributed by atoms with Gasteiger partial charge in [-0.3, -0.25) is 14.2 Å². The van der Waals surface area contributed by atoms with Crippen molar-refractivity contribution in [2.45, 2.75) is 18.9 Å². The minimum absolute atomic E-state index is 0.0178. The average Bonchev–Trinajstić information content (AvgIpc) is 3.40. The first-order chi connectivity index (χ1) is 19.5. The second-order valence-electron chi connectivity index (χ2n) is 9.90. The van der Waals surface area contributed by atoms with Crippen LogP contribution in [0.5, 0.6) is 11.5 Å². The van der Waals surface area contributed by atoms with Gasteiger partial charge in [0, 0.05) is 57.0 Å². The molecule has 2 fully saturated rings. The predicted octanol–water partition coefficient (Wildman–Crippen LogP) is 3.09. The van der Waals surface area contributed by atoms with Crippen molar-refractivity contribution in [1.29, 1.82) is 5.26 Å². The quantitative estimate of drug-likeness (QED) is 0.270. The zero-order valence-electron chi connectivity index (χ0n) is 23.9.